The van der Waals surface area contributed by atoms with Crippen LogP contribution in [0, 0.1) is 11.8 Å². The van der Waals surface area contributed by atoms with E-state index in [0.29, 0.717) is 25.9 Å². The Hall–Kier alpha value is -2.58. The van der Waals surface area contributed by atoms with Gasteiger partial charge in [-0.25, -0.2) is 0 Å². The molecule has 3 saturated heterocycles. The molecule has 206 valence electrons. The van der Waals surface area contributed by atoms with Crippen LogP contribution in [0.2, 0.25) is 0 Å². The summed E-state index contributed by atoms with van der Waals surface area (Å²) in [7, 11) is 0. The number of likely N-dealkylation sites (tertiary alicyclic amines) is 1. The lowest BCUT2D eigenvalue weighted by atomic mass is 9.71. The van der Waals surface area contributed by atoms with Crippen molar-refractivity contribution in [2.75, 3.05) is 26.3 Å². The molecule has 6 atom stereocenters. The summed E-state index contributed by atoms with van der Waals surface area (Å²) in [5, 5.41) is 10.5. The highest BCUT2D eigenvalue weighted by Crippen LogP contribution is 2.67. The first-order chi connectivity index (χ1) is 18.4. The first-order valence-electron chi connectivity index (χ1n) is 13.8. The van der Waals surface area contributed by atoms with Crippen molar-refractivity contribution < 1.29 is 24.2 Å². The van der Waals surface area contributed by atoms with E-state index >= 15 is 0 Å². The smallest absolute Gasteiger partial charge is 0.310 e. The number of benzene rings is 1. The lowest BCUT2D eigenvalue weighted by molar-refractivity contribution is -0.154. The summed E-state index contributed by atoms with van der Waals surface area (Å²) in [6.07, 6.45) is 8.28. The molecule has 7 nitrogen and oxygen atoms in total. The summed E-state index contributed by atoms with van der Waals surface area (Å²) < 4.78 is 4.84. The second-order valence-corrected chi connectivity index (χ2v) is 12.0. The van der Waals surface area contributed by atoms with Gasteiger partial charge in [0.05, 0.1) is 35.8 Å². The minimum Gasteiger partial charge on any atom is -0.465 e. The quantitative estimate of drug-likeness (QED) is 0.217. The minimum absolute atomic E-state index is 0.0603. The number of hydrogen-bond acceptors (Lipinski definition) is 6. The maximum absolute atomic E-state index is 14.4. The Labute approximate surface area is 230 Å². The second-order valence-electron chi connectivity index (χ2n) is 10.4. The summed E-state index contributed by atoms with van der Waals surface area (Å²) in [4.78, 5) is 45.5. The number of esters is 1. The third-order valence-corrected chi connectivity index (χ3v) is 10.1. The number of hydrogen-bond donors (Lipinski definition) is 1. The van der Waals surface area contributed by atoms with Crippen molar-refractivity contribution in [3.05, 3.63) is 61.2 Å². The summed E-state index contributed by atoms with van der Waals surface area (Å²) in [6.45, 7) is 10.5. The van der Waals surface area contributed by atoms with Gasteiger partial charge < -0.3 is 19.6 Å². The molecule has 0 aliphatic carbocycles. The number of aliphatic hydroxyl groups excluding tert-OH is 1. The summed E-state index contributed by atoms with van der Waals surface area (Å²) in [6, 6.07) is 7.89. The van der Waals surface area contributed by atoms with Crippen molar-refractivity contribution in [1.82, 2.24) is 9.80 Å². The highest BCUT2D eigenvalue weighted by Gasteiger charge is 2.74. The van der Waals surface area contributed by atoms with E-state index in [-0.39, 0.29) is 36.2 Å². The maximum atomic E-state index is 14.4. The lowest BCUT2D eigenvalue weighted by Gasteiger charge is -2.39. The van der Waals surface area contributed by atoms with Crippen molar-refractivity contribution >= 4 is 29.5 Å². The number of rotatable bonds is 14. The molecule has 1 aromatic carbocycles. The van der Waals surface area contributed by atoms with Crippen LogP contribution in [0.25, 0.3) is 0 Å². The average molecular weight is 541 g/mol. The molecule has 4 rings (SSSR count). The van der Waals surface area contributed by atoms with Gasteiger partial charge in [-0.1, -0.05) is 62.2 Å². The van der Waals surface area contributed by atoms with Crippen LogP contribution in [0.1, 0.15) is 57.1 Å². The van der Waals surface area contributed by atoms with Gasteiger partial charge in [0.15, 0.2) is 0 Å². The zero-order valence-corrected chi connectivity index (χ0v) is 23.1. The molecule has 1 spiro atoms. The fourth-order valence-corrected chi connectivity index (χ4v) is 8.70. The molecule has 2 unspecified atom stereocenters. The number of aliphatic hydroxyl groups is 1. The molecule has 3 fully saturated rings. The van der Waals surface area contributed by atoms with Crippen molar-refractivity contribution in [3.63, 3.8) is 0 Å². The first kappa shape index (κ1) is 28.4. The van der Waals surface area contributed by atoms with E-state index in [2.05, 4.69) is 20.1 Å². The third-order valence-electron chi connectivity index (χ3n) is 8.20. The number of carbonyl (C=O) groups is 3. The number of amides is 2. The van der Waals surface area contributed by atoms with Crippen LogP contribution in [0.15, 0.2) is 55.6 Å². The van der Waals surface area contributed by atoms with E-state index in [1.165, 1.54) is 0 Å². The van der Waals surface area contributed by atoms with Gasteiger partial charge in [0, 0.05) is 18.3 Å². The molecule has 2 amide bonds. The number of thioether (sulfide) groups is 1. The summed E-state index contributed by atoms with van der Waals surface area (Å²) in [5.74, 6) is -1.99. The fourth-order valence-electron chi connectivity index (χ4n) is 6.52. The van der Waals surface area contributed by atoms with E-state index in [4.69, 9.17) is 4.74 Å². The molecular weight excluding hydrogens is 500 g/mol. The molecule has 3 aliphatic heterocycles. The molecule has 1 N–H and O–H groups in total. The van der Waals surface area contributed by atoms with Crippen LogP contribution < -0.4 is 0 Å². The zero-order valence-electron chi connectivity index (χ0n) is 22.3. The molecule has 0 saturated carbocycles. The molecule has 2 bridgehead atoms. The fraction of sp³-hybridized carbons (Fsp3) is 0.567. The molecule has 0 aromatic heterocycles. The Morgan fingerprint density at radius 3 is 2.68 bits per heavy atom. The monoisotopic (exact) mass is 540 g/mol. The van der Waals surface area contributed by atoms with Gasteiger partial charge in [0.2, 0.25) is 11.8 Å². The number of nitrogens with zero attached hydrogens (tertiary/aromatic N) is 2. The molecule has 0 radical (unpaired) electrons. The van der Waals surface area contributed by atoms with Crippen molar-refractivity contribution in [2.24, 2.45) is 11.8 Å². The highest BCUT2D eigenvalue weighted by molar-refractivity contribution is 8.02. The molecule has 3 heterocycles. The van der Waals surface area contributed by atoms with E-state index in [0.717, 1.165) is 31.2 Å². The SMILES string of the molecule is C=CCCOC(=O)[C@@H]1[C@H]2C(=O)N([C@H](CO)c3ccccc3)C(C(=O)N(CC=C)CCCCC)C23CC[C@H]1S3. The van der Waals surface area contributed by atoms with Gasteiger partial charge in [0.25, 0.3) is 0 Å². The second kappa shape index (κ2) is 12.5. The largest absolute Gasteiger partial charge is 0.465 e. The van der Waals surface area contributed by atoms with E-state index in [9.17, 15) is 19.5 Å². The van der Waals surface area contributed by atoms with Gasteiger partial charge in [-0.2, -0.15) is 0 Å². The Morgan fingerprint density at radius 2 is 2.03 bits per heavy atom. The van der Waals surface area contributed by atoms with E-state index in [1.807, 2.05) is 30.3 Å². The Bertz CT molecular complexity index is 1030. The van der Waals surface area contributed by atoms with Crippen LogP contribution in [0.4, 0.5) is 0 Å². The van der Waals surface area contributed by atoms with Crippen molar-refractivity contribution in [2.45, 2.75) is 67.5 Å². The van der Waals surface area contributed by atoms with E-state index < -0.39 is 28.7 Å². The van der Waals surface area contributed by atoms with Crippen LogP contribution in [-0.2, 0) is 19.1 Å². The van der Waals surface area contributed by atoms with Crippen molar-refractivity contribution in [1.29, 1.82) is 0 Å². The van der Waals surface area contributed by atoms with Crippen molar-refractivity contribution in [3.8, 4) is 0 Å². The van der Waals surface area contributed by atoms with E-state index in [1.54, 1.807) is 33.7 Å². The number of unbranched alkanes of at least 4 members (excludes halogenated alkanes) is 2. The van der Waals surface area contributed by atoms with Crippen LogP contribution >= 0.6 is 11.8 Å². The summed E-state index contributed by atoms with van der Waals surface area (Å²) >= 11 is 1.62. The van der Waals surface area contributed by atoms with Gasteiger partial charge in [-0.05, 0) is 31.2 Å². The molecule has 38 heavy (non-hydrogen) atoms. The maximum Gasteiger partial charge on any atom is 0.310 e. The Kier molecular flexibility index (Phi) is 9.36. The predicted octanol–water partition coefficient (Wildman–Crippen LogP) is 4.14. The lowest BCUT2D eigenvalue weighted by Crippen LogP contribution is -2.55. The topological polar surface area (TPSA) is 87.1 Å². The molecule has 8 heteroatoms. The van der Waals surface area contributed by atoms with Gasteiger partial charge >= 0.3 is 5.97 Å². The molecule has 1 aromatic rings. The van der Waals surface area contributed by atoms with Crippen LogP contribution in [-0.4, -0.2) is 75.0 Å². The van der Waals surface area contributed by atoms with Gasteiger partial charge in [-0.3, -0.25) is 14.4 Å². The van der Waals surface area contributed by atoms with Crippen LogP contribution in [0.3, 0.4) is 0 Å². The Morgan fingerprint density at radius 1 is 1.26 bits per heavy atom. The third kappa shape index (κ3) is 5.05. The van der Waals surface area contributed by atoms with Crippen LogP contribution in [0.5, 0.6) is 0 Å². The standard InChI is InChI=1S/C30H40N2O5S/c1-4-7-12-18-31(17-6-3)28(35)26-30-16-15-23(38-30)24(29(36)37-19-8-5-2)25(30)27(34)32(26)22(20-33)21-13-10-9-11-14-21/h5-6,9-11,13-14,22-26,33H,2-4,7-8,12,15-20H2,1H3/t22-,23-,24+,25+,26?,30?/m1/s1. The summed E-state index contributed by atoms with van der Waals surface area (Å²) in [5.41, 5.74) is 0.767. The number of fused-ring (bicyclic) bond motifs is 1. The minimum atomic E-state index is -0.778. The van der Waals surface area contributed by atoms with Gasteiger partial charge in [-0.15, -0.1) is 24.9 Å². The highest BCUT2D eigenvalue weighted by atomic mass is 32.2. The average Bonchev–Trinajstić information content (AvgIpc) is 3.57. The molecular formula is C30H40N2O5S. The normalized spacial score (nSPS) is 28.2. The predicted molar refractivity (Wildman–Crippen MR) is 149 cm³/mol. The molecule has 3 aliphatic rings. The first-order valence-corrected chi connectivity index (χ1v) is 14.7. The number of ether oxygens (including phenoxy) is 1. The number of carbonyl (C=O) groups excluding carboxylic acids is 3. The Balaban J connectivity index is 1.75. The van der Waals surface area contributed by atoms with Gasteiger partial charge in [0.1, 0.15) is 6.04 Å². The zero-order chi connectivity index (χ0) is 27.3.